The quantitative estimate of drug-likeness (QED) is 0.773. The highest BCUT2D eigenvalue weighted by atomic mass is 16.5. The molecular formula is C19H30N2O4. The smallest absolute Gasteiger partial charge is 0.231 e. The monoisotopic (exact) mass is 350 g/mol. The van der Waals surface area contributed by atoms with Crippen LogP contribution in [0.25, 0.3) is 0 Å². The van der Waals surface area contributed by atoms with Gasteiger partial charge < -0.3 is 19.3 Å². The molecule has 0 unspecified atom stereocenters. The van der Waals surface area contributed by atoms with Crippen LogP contribution in [0.3, 0.4) is 0 Å². The van der Waals surface area contributed by atoms with Gasteiger partial charge in [0.05, 0.1) is 18.6 Å². The Bertz CT molecular complexity index is 528. The number of hydrogen-bond donors (Lipinski definition) is 0. The zero-order valence-corrected chi connectivity index (χ0v) is 15.2. The minimum absolute atomic E-state index is 0.0861. The fourth-order valence-corrected chi connectivity index (χ4v) is 5.51. The van der Waals surface area contributed by atoms with E-state index in [1.165, 1.54) is 0 Å². The number of fused-ring (bicyclic) bond motifs is 2. The van der Waals surface area contributed by atoms with Crippen LogP contribution in [0.5, 0.6) is 0 Å². The lowest BCUT2D eigenvalue weighted by atomic mass is 9.70. The van der Waals surface area contributed by atoms with Gasteiger partial charge in [0.15, 0.2) is 0 Å². The SMILES string of the molecule is CC[C@@]1(C(=O)N2CCOCC2)C[C@@H]2CC[C@H]1N2C(=O)C1CCOCC1. The topological polar surface area (TPSA) is 59.1 Å². The Hall–Kier alpha value is -1.14. The van der Waals surface area contributed by atoms with Gasteiger partial charge >= 0.3 is 0 Å². The van der Waals surface area contributed by atoms with Gasteiger partial charge in [-0.3, -0.25) is 9.59 Å². The lowest BCUT2D eigenvalue weighted by Crippen LogP contribution is -2.54. The van der Waals surface area contributed by atoms with Crippen molar-refractivity contribution in [2.45, 2.75) is 57.5 Å². The largest absolute Gasteiger partial charge is 0.381 e. The minimum atomic E-state index is -0.374. The Morgan fingerprint density at radius 2 is 1.68 bits per heavy atom. The van der Waals surface area contributed by atoms with Crippen LogP contribution < -0.4 is 0 Å². The van der Waals surface area contributed by atoms with Crippen molar-refractivity contribution in [1.29, 1.82) is 0 Å². The van der Waals surface area contributed by atoms with Crippen molar-refractivity contribution in [2.75, 3.05) is 39.5 Å². The van der Waals surface area contributed by atoms with E-state index < -0.39 is 0 Å². The van der Waals surface area contributed by atoms with E-state index in [1.807, 2.05) is 4.90 Å². The number of carbonyl (C=O) groups excluding carboxylic acids is 2. The molecule has 2 bridgehead atoms. The molecule has 4 saturated heterocycles. The number of carbonyl (C=O) groups is 2. The molecule has 0 aromatic carbocycles. The summed E-state index contributed by atoms with van der Waals surface area (Å²) in [6.45, 7) is 6.12. The second-order valence-electron chi connectivity index (χ2n) is 8.00. The first kappa shape index (κ1) is 17.3. The van der Waals surface area contributed by atoms with E-state index in [0.717, 1.165) is 38.5 Å². The van der Waals surface area contributed by atoms with E-state index in [0.29, 0.717) is 39.5 Å². The van der Waals surface area contributed by atoms with Crippen molar-refractivity contribution in [1.82, 2.24) is 9.80 Å². The van der Waals surface area contributed by atoms with Gasteiger partial charge in [0, 0.05) is 44.3 Å². The van der Waals surface area contributed by atoms with Crippen LogP contribution >= 0.6 is 0 Å². The maximum Gasteiger partial charge on any atom is 0.231 e. The van der Waals surface area contributed by atoms with Gasteiger partial charge in [-0.05, 0) is 38.5 Å². The summed E-state index contributed by atoms with van der Waals surface area (Å²) >= 11 is 0. The Labute approximate surface area is 149 Å². The molecule has 6 heteroatoms. The number of morpholine rings is 1. The van der Waals surface area contributed by atoms with Gasteiger partial charge in [-0.2, -0.15) is 0 Å². The third-order valence-corrected chi connectivity index (χ3v) is 6.92. The van der Waals surface area contributed by atoms with Crippen LogP contribution in [0.4, 0.5) is 0 Å². The van der Waals surface area contributed by atoms with Crippen molar-refractivity contribution in [3.63, 3.8) is 0 Å². The molecule has 4 fully saturated rings. The molecule has 3 atom stereocenters. The fourth-order valence-electron chi connectivity index (χ4n) is 5.51. The maximum absolute atomic E-state index is 13.4. The average Bonchev–Trinajstić information content (AvgIpc) is 3.24. The van der Waals surface area contributed by atoms with E-state index in [4.69, 9.17) is 9.47 Å². The summed E-state index contributed by atoms with van der Waals surface area (Å²) in [5.41, 5.74) is -0.374. The molecule has 0 N–H and O–H groups in total. The molecule has 0 saturated carbocycles. The second-order valence-corrected chi connectivity index (χ2v) is 8.00. The van der Waals surface area contributed by atoms with Crippen molar-refractivity contribution in [3.05, 3.63) is 0 Å². The summed E-state index contributed by atoms with van der Waals surface area (Å²) in [7, 11) is 0. The second kappa shape index (κ2) is 6.88. The maximum atomic E-state index is 13.4. The van der Waals surface area contributed by atoms with Crippen LogP contribution in [-0.4, -0.2) is 73.2 Å². The number of rotatable bonds is 3. The van der Waals surface area contributed by atoms with Crippen LogP contribution in [0.2, 0.25) is 0 Å². The predicted molar refractivity (Wildman–Crippen MR) is 91.9 cm³/mol. The summed E-state index contributed by atoms with van der Waals surface area (Å²) in [5.74, 6) is 0.624. The zero-order valence-electron chi connectivity index (χ0n) is 15.2. The van der Waals surface area contributed by atoms with Gasteiger partial charge in [0.25, 0.3) is 0 Å². The highest BCUT2D eigenvalue weighted by molar-refractivity contribution is 5.88. The van der Waals surface area contributed by atoms with Gasteiger partial charge in [-0.15, -0.1) is 0 Å². The van der Waals surface area contributed by atoms with E-state index in [1.54, 1.807) is 0 Å². The van der Waals surface area contributed by atoms with E-state index in [-0.39, 0.29) is 35.2 Å². The first-order chi connectivity index (χ1) is 12.2. The normalized spacial score (nSPS) is 36.0. The predicted octanol–water partition coefficient (Wildman–Crippen LogP) is 1.43. The van der Waals surface area contributed by atoms with Crippen LogP contribution in [-0.2, 0) is 19.1 Å². The van der Waals surface area contributed by atoms with Gasteiger partial charge in [0.2, 0.25) is 11.8 Å². The molecule has 0 aromatic rings. The summed E-state index contributed by atoms with van der Waals surface area (Å²) in [6, 6.07) is 0.346. The van der Waals surface area contributed by atoms with Gasteiger partial charge in [-0.25, -0.2) is 0 Å². The summed E-state index contributed by atoms with van der Waals surface area (Å²) in [4.78, 5) is 30.7. The lowest BCUT2D eigenvalue weighted by Gasteiger charge is -2.41. The van der Waals surface area contributed by atoms with E-state index >= 15 is 0 Å². The summed E-state index contributed by atoms with van der Waals surface area (Å²) in [6.07, 6.45) is 5.35. The molecule has 4 heterocycles. The van der Waals surface area contributed by atoms with Gasteiger partial charge in [0.1, 0.15) is 0 Å². The number of nitrogens with zero attached hydrogens (tertiary/aromatic N) is 2. The molecule has 4 aliphatic heterocycles. The fraction of sp³-hybridized carbons (Fsp3) is 0.895. The minimum Gasteiger partial charge on any atom is -0.381 e. The Kier molecular flexibility index (Phi) is 4.75. The van der Waals surface area contributed by atoms with Crippen LogP contribution in [0.15, 0.2) is 0 Å². The third kappa shape index (κ3) is 2.78. The first-order valence-electron chi connectivity index (χ1n) is 9.94. The zero-order chi connectivity index (χ0) is 17.4. The number of amides is 2. The van der Waals surface area contributed by atoms with Crippen molar-refractivity contribution < 1.29 is 19.1 Å². The highest BCUT2D eigenvalue weighted by Crippen LogP contribution is 2.53. The highest BCUT2D eigenvalue weighted by Gasteiger charge is 2.61. The molecule has 2 amide bonds. The molecule has 6 nitrogen and oxygen atoms in total. The molecule has 140 valence electrons. The molecule has 0 spiro atoms. The van der Waals surface area contributed by atoms with Crippen molar-refractivity contribution >= 4 is 11.8 Å². The van der Waals surface area contributed by atoms with Crippen molar-refractivity contribution in [3.8, 4) is 0 Å². The molecule has 4 rings (SSSR count). The molecule has 4 aliphatic rings. The third-order valence-electron chi connectivity index (χ3n) is 6.92. The standard InChI is InChI=1S/C19H30N2O4/c1-2-19(18(23)20-7-11-25-12-8-20)13-15-3-4-16(19)21(15)17(22)14-5-9-24-10-6-14/h14-16H,2-13H2,1H3/t15-,16+,19+/m0/s1. The molecule has 0 aliphatic carbocycles. The molecule has 25 heavy (non-hydrogen) atoms. The molecular weight excluding hydrogens is 320 g/mol. The Balaban J connectivity index is 1.54. The number of hydrogen-bond acceptors (Lipinski definition) is 4. The molecule has 0 radical (unpaired) electrons. The lowest BCUT2D eigenvalue weighted by molar-refractivity contribution is -0.150. The Morgan fingerprint density at radius 1 is 1.00 bits per heavy atom. The average molecular weight is 350 g/mol. The van der Waals surface area contributed by atoms with Crippen LogP contribution in [0, 0.1) is 11.3 Å². The van der Waals surface area contributed by atoms with Crippen LogP contribution in [0.1, 0.15) is 45.4 Å². The molecule has 0 aromatic heterocycles. The van der Waals surface area contributed by atoms with E-state index in [2.05, 4.69) is 11.8 Å². The number of ether oxygens (including phenoxy) is 2. The first-order valence-corrected chi connectivity index (χ1v) is 9.94. The van der Waals surface area contributed by atoms with E-state index in [9.17, 15) is 9.59 Å². The van der Waals surface area contributed by atoms with Gasteiger partial charge in [-0.1, -0.05) is 6.92 Å². The Morgan fingerprint density at radius 3 is 2.36 bits per heavy atom. The summed E-state index contributed by atoms with van der Waals surface area (Å²) < 4.78 is 10.8. The van der Waals surface area contributed by atoms with Crippen molar-refractivity contribution in [2.24, 2.45) is 11.3 Å². The summed E-state index contributed by atoms with van der Waals surface area (Å²) in [5, 5.41) is 0.